The van der Waals surface area contributed by atoms with Gasteiger partial charge in [-0.15, -0.1) is 0 Å². The molecule has 4 N–H and O–H groups in total. The molecule has 1 saturated carbocycles. The third kappa shape index (κ3) is 2.60. The highest BCUT2D eigenvalue weighted by molar-refractivity contribution is 5.87. The van der Waals surface area contributed by atoms with Gasteiger partial charge in [0, 0.05) is 18.5 Å². The molecule has 1 saturated heterocycles. The van der Waals surface area contributed by atoms with Gasteiger partial charge in [0.2, 0.25) is 11.8 Å². The Morgan fingerprint density at radius 3 is 2.47 bits per heavy atom. The Labute approximate surface area is 102 Å². The SMILES string of the molecule is NC(=O)[C@@H]1CCCCN1C(=O)CC1(N)CCC1. The van der Waals surface area contributed by atoms with Crippen molar-refractivity contribution in [2.75, 3.05) is 6.54 Å². The lowest BCUT2D eigenvalue weighted by Gasteiger charge is -2.41. The van der Waals surface area contributed by atoms with Gasteiger partial charge < -0.3 is 16.4 Å². The summed E-state index contributed by atoms with van der Waals surface area (Å²) in [4.78, 5) is 25.1. The summed E-state index contributed by atoms with van der Waals surface area (Å²) in [5.74, 6) is -0.395. The van der Waals surface area contributed by atoms with E-state index in [2.05, 4.69) is 0 Å². The van der Waals surface area contributed by atoms with Crippen molar-refractivity contribution in [2.24, 2.45) is 11.5 Å². The van der Waals surface area contributed by atoms with Gasteiger partial charge in [-0.05, 0) is 38.5 Å². The lowest BCUT2D eigenvalue weighted by Crippen LogP contribution is -2.55. The van der Waals surface area contributed by atoms with E-state index in [9.17, 15) is 9.59 Å². The third-order valence-corrected chi connectivity index (χ3v) is 4.00. The van der Waals surface area contributed by atoms with Gasteiger partial charge in [0.25, 0.3) is 0 Å². The minimum absolute atomic E-state index is 0.00398. The van der Waals surface area contributed by atoms with Crippen LogP contribution in [0.3, 0.4) is 0 Å². The average molecular weight is 239 g/mol. The number of rotatable bonds is 3. The normalized spacial score (nSPS) is 27.4. The Hall–Kier alpha value is -1.10. The van der Waals surface area contributed by atoms with Crippen LogP contribution in [0.25, 0.3) is 0 Å². The van der Waals surface area contributed by atoms with Crippen molar-refractivity contribution in [1.29, 1.82) is 0 Å². The van der Waals surface area contributed by atoms with E-state index < -0.39 is 11.9 Å². The molecule has 2 rings (SSSR count). The van der Waals surface area contributed by atoms with E-state index in [4.69, 9.17) is 11.5 Å². The van der Waals surface area contributed by atoms with Crippen molar-refractivity contribution in [2.45, 2.75) is 56.5 Å². The summed E-state index contributed by atoms with van der Waals surface area (Å²) in [5.41, 5.74) is 11.1. The first kappa shape index (κ1) is 12.4. The molecular formula is C12H21N3O2. The van der Waals surface area contributed by atoms with Crippen LogP contribution in [0.4, 0.5) is 0 Å². The maximum Gasteiger partial charge on any atom is 0.240 e. The van der Waals surface area contributed by atoms with E-state index in [1.807, 2.05) is 0 Å². The molecular weight excluding hydrogens is 218 g/mol. The van der Waals surface area contributed by atoms with Gasteiger partial charge in [-0.2, -0.15) is 0 Å². The van der Waals surface area contributed by atoms with E-state index in [0.29, 0.717) is 19.4 Å². The van der Waals surface area contributed by atoms with Crippen LogP contribution < -0.4 is 11.5 Å². The average Bonchev–Trinajstić information content (AvgIpc) is 2.26. The highest BCUT2D eigenvalue weighted by Gasteiger charge is 2.38. The first-order chi connectivity index (χ1) is 8.02. The molecule has 0 radical (unpaired) electrons. The molecule has 17 heavy (non-hydrogen) atoms. The van der Waals surface area contributed by atoms with Crippen LogP contribution in [0, 0.1) is 0 Å². The number of likely N-dealkylation sites (tertiary alicyclic amines) is 1. The molecule has 0 bridgehead atoms. The fourth-order valence-corrected chi connectivity index (χ4v) is 2.74. The van der Waals surface area contributed by atoms with Crippen LogP contribution in [0.15, 0.2) is 0 Å². The molecule has 0 unspecified atom stereocenters. The van der Waals surface area contributed by atoms with Crippen molar-refractivity contribution in [3.8, 4) is 0 Å². The van der Waals surface area contributed by atoms with Gasteiger partial charge in [0.15, 0.2) is 0 Å². The summed E-state index contributed by atoms with van der Waals surface area (Å²) in [6, 6.07) is -0.417. The number of nitrogens with zero attached hydrogens (tertiary/aromatic N) is 1. The van der Waals surface area contributed by atoms with Gasteiger partial charge in [-0.3, -0.25) is 9.59 Å². The zero-order valence-corrected chi connectivity index (χ0v) is 10.2. The molecule has 0 aromatic heterocycles. The van der Waals surface area contributed by atoms with Crippen LogP contribution in [-0.2, 0) is 9.59 Å². The number of amides is 2. The first-order valence-electron chi connectivity index (χ1n) is 6.39. The molecule has 1 heterocycles. The number of hydrogen-bond donors (Lipinski definition) is 2. The van der Waals surface area contributed by atoms with E-state index in [1.165, 1.54) is 0 Å². The largest absolute Gasteiger partial charge is 0.368 e. The predicted octanol–water partition coefficient (Wildman–Crippen LogP) is 0.124. The zero-order chi connectivity index (χ0) is 12.5. The van der Waals surface area contributed by atoms with E-state index in [1.54, 1.807) is 4.90 Å². The molecule has 0 aromatic rings. The Kier molecular flexibility index (Phi) is 3.38. The molecule has 2 fully saturated rings. The smallest absolute Gasteiger partial charge is 0.240 e. The third-order valence-electron chi connectivity index (χ3n) is 4.00. The summed E-state index contributed by atoms with van der Waals surface area (Å²) in [7, 11) is 0. The molecule has 0 aromatic carbocycles. The molecule has 2 amide bonds. The molecule has 96 valence electrons. The molecule has 1 aliphatic carbocycles. The van der Waals surface area contributed by atoms with Crippen LogP contribution in [0.5, 0.6) is 0 Å². The van der Waals surface area contributed by atoms with Gasteiger partial charge >= 0.3 is 0 Å². The summed E-state index contributed by atoms with van der Waals surface area (Å²) in [6.45, 7) is 0.641. The Morgan fingerprint density at radius 2 is 1.94 bits per heavy atom. The van der Waals surface area contributed by atoms with Crippen LogP contribution in [0.2, 0.25) is 0 Å². The van der Waals surface area contributed by atoms with Crippen LogP contribution in [-0.4, -0.2) is 34.8 Å². The lowest BCUT2D eigenvalue weighted by molar-refractivity contribution is -0.142. The summed E-state index contributed by atoms with van der Waals surface area (Å²) < 4.78 is 0. The second kappa shape index (κ2) is 4.64. The number of piperidine rings is 1. The van der Waals surface area contributed by atoms with Crippen LogP contribution in [0.1, 0.15) is 44.9 Å². The number of carbonyl (C=O) groups is 2. The van der Waals surface area contributed by atoms with Crippen molar-refractivity contribution in [3.63, 3.8) is 0 Å². The molecule has 2 aliphatic rings. The topological polar surface area (TPSA) is 89.4 Å². The van der Waals surface area contributed by atoms with E-state index in [-0.39, 0.29) is 11.4 Å². The highest BCUT2D eigenvalue weighted by atomic mass is 16.2. The minimum atomic E-state index is -0.417. The van der Waals surface area contributed by atoms with Gasteiger partial charge in [-0.25, -0.2) is 0 Å². The standard InChI is InChI=1S/C12H21N3O2/c13-11(17)9-4-1-2-7-15(9)10(16)8-12(14)5-3-6-12/h9H,1-8,14H2,(H2,13,17)/t9-/m0/s1. The van der Waals surface area contributed by atoms with E-state index in [0.717, 1.165) is 32.1 Å². The molecule has 1 aliphatic heterocycles. The highest BCUT2D eigenvalue weighted by Crippen LogP contribution is 2.33. The Morgan fingerprint density at radius 1 is 1.24 bits per heavy atom. The van der Waals surface area contributed by atoms with E-state index >= 15 is 0 Å². The molecule has 5 heteroatoms. The Bertz CT molecular complexity index is 326. The van der Waals surface area contributed by atoms with Crippen molar-refractivity contribution in [1.82, 2.24) is 4.90 Å². The Balaban J connectivity index is 1.98. The van der Waals surface area contributed by atoms with Crippen molar-refractivity contribution in [3.05, 3.63) is 0 Å². The predicted molar refractivity (Wildman–Crippen MR) is 63.9 cm³/mol. The van der Waals surface area contributed by atoms with Crippen LogP contribution >= 0.6 is 0 Å². The summed E-state index contributed by atoms with van der Waals surface area (Å²) >= 11 is 0. The molecule has 5 nitrogen and oxygen atoms in total. The van der Waals surface area contributed by atoms with Gasteiger partial charge in [0.05, 0.1) is 0 Å². The fraction of sp³-hybridized carbons (Fsp3) is 0.833. The second-order valence-corrected chi connectivity index (χ2v) is 5.39. The fourth-order valence-electron chi connectivity index (χ4n) is 2.74. The van der Waals surface area contributed by atoms with Crippen molar-refractivity contribution >= 4 is 11.8 Å². The summed E-state index contributed by atoms with van der Waals surface area (Å²) in [6.07, 6.45) is 5.89. The molecule has 1 atom stereocenters. The minimum Gasteiger partial charge on any atom is -0.368 e. The zero-order valence-electron chi connectivity index (χ0n) is 10.2. The maximum atomic E-state index is 12.2. The number of carbonyl (C=O) groups excluding carboxylic acids is 2. The second-order valence-electron chi connectivity index (χ2n) is 5.39. The lowest BCUT2D eigenvalue weighted by atomic mass is 9.75. The van der Waals surface area contributed by atoms with Gasteiger partial charge in [0.1, 0.15) is 6.04 Å². The number of nitrogens with two attached hydrogens (primary N) is 2. The number of primary amides is 1. The molecule has 0 spiro atoms. The van der Waals surface area contributed by atoms with Gasteiger partial charge in [-0.1, -0.05) is 0 Å². The monoisotopic (exact) mass is 239 g/mol. The van der Waals surface area contributed by atoms with Crippen molar-refractivity contribution < 1.29 is 9.59 Å². The quantitative estimate of drug-likeness (QED) is 0.733. The first-order valence-corrected chi connectivity index (χ1v) is 6.39. The number of hydrogen-bond acceptors (Lipinski definition) is 3. The summed E-state index contributed by atoms with van der Waals surface area (Å²) in [5, 5.41) is 0. The maximum absolute atomic E-state index is 12.2.